The maximum Gasteiger partial charge on any atom is 0.352 e. The summed E-state index contributed by atoms with van der Waals surface area (Å²) in [5.41, 5.74) is 5.41. The number of hydrogen-bond acceptors (Lipinski definition) is 17. The van der Waals surface area contributed by atoms with Gasteiger partial charge in [-0.15, -0.1) is 40.0 Å². The molecular weight excluding hydrogens is 735 g/mol. The Morgan fingerprint density at radius 1 is 1.12 bits per heavy atom. The molecule has 1 saturated heterocycles. The SMILES string of the molecule is Nc1nc(C(=NOCc2ccc(C(=O)O)c(O)c2O)C(=O)N[C@@H]2C(=O)N3C(C(=O)O)=C(CSc4cc(CC(=O)O)nc5cnnn45)CS[C@H]23)cs1. The van der Waals surface area contributed by atoms with E-state index >= 15 is 0 Å². The van der Waals surface area contributed by atoms with Crippen LogP contribution in [0.4, 0.5) is 5.13 Å². The lowest BCUT2D eigenvalue weighted by molar-refractivity contribution is -0.150. The van der Waals surface area contributed by atoms with Gasteiger partial charge in [-0.1, -0.05) is 16.4 Å². The van der Waals surface area contributed by atoms with Crippen molar-refractivity contribution in [3.8, 4) is 11.5 Å². The highest BCUT2D eigenvalue weighted by atomic mass is 32.2. The molecule has 6 rings (SSSR count). The zero-order chi connectivity index (χ0) is 36.6. The summed E-state index contributed by atoms with van der Waals surface area (Å²) < 4.78 is 1.39. The highest BCUT2D eigenvalue weighted by molar-refractivity contribution is 8.01. The van der Waals surface area contributed by atoms with Gasteiger partial charge in [0.15, 0.2) is 28.0 Å². The summed E-state index contributed by atoms with van der Waals surface area (Å²) in [6.07, 6.45) is 1.01. The van der Waals surface area contributed by atoms with E-state index in [0.717, 1.165) is 34.1 Å². The van der Waals surface area contributed by atoms with Crippen molar-refractivity contribution in [2.45, 2.75) is 29.5 Å². The minimum absolute atomic E-state index is 0.0160. The van der Waals surface area contributed by atoms with Crippen LogP contribution in [-0.2, 0) is 37.0 Å². The number of carbonyl (C=O) groups is 5. The number of thioether (sulfide) groups is 2. The standard InChI is InChI=1S/C28H23N9O11S3/c29-28-32-14(9-51-28)18(34-48-6-10-1-2-13(26(44)45)22(41)21(10)40)23(42)33-19-24(43)36-20(27(46)47)11(8-50-25(19)36)7-49-16-3-12(4-17(38)39)31-15-5-30-35-37(15)16/h1-3,5,9,19,25,40-41H,4,6-8H2,(H2,29,32)(H,33,42)(H,38,39)(H,44,45)(H,46,47)/t19-,25-/m1/s1. The Hall–Kier alpha value is -5.94. The summed E-state index contributed by atoms with van der Waals surface area (Å²) in [7, 11) is 0. The number of rotatable bonds is 13. The molecule has 2 amide bonds. The van der Waals surface area contributed by atoms with Crippen molar-refractivity contribution in [1.29, 1.82) is 0 Å². The van der Waals surface area contributed by atoms with Crippen LogP contribution in [0.5, 0.6) is 11.5 Å². The summed E-state index contributed by atoms with van der Waals surface area (Å²) in [6.45, 7) is -0.513. The third-order valence-electron chi connectivity index (χ3n) is 7.37. The van der Waals surface area contributed by atoms with Crippen LogP contribution in [0.3, 0.4) is 0 Å². The summed E-state index contributed by atoms with van der Waals surface area (Å²) in [4.78, 5) is 76.3. The number of oxime groups is 1. The topological polar surface area (TPSA) is 305 Å². The Bertz CT molecular complexity index is 2180. The number of thiazole rings is 1. The predicted octanol–water partition coefficient (Wildman–Crippen LogP) is 0.351. The molecule has 8 N–H and O–H groups in total. The minimum Gasteiger partial charge on any atom is -0.504 e. The van der Waals surface area contributed by atoms with Crippen molar-refractivity contribution < 1.29 is 54.3 Å². The summed E-state index contributed by atoms with van der Waals surface area (Å²) >= 11 is 3.36. The molecule has 20 nitrogen and oxygen atoms in total. The molecule has 3 aromatic heterocycles. The molecule has 5 heterocycles. The van der Waals surface area contributed by atoms with Gasteiger partial charge in [-0.25, -0.2) is 19.6 Å². The zero-order valence-electron chi connectivity index (χ0n) is 25.5. The number of aliphatic carboxylic acids is 2. The molecule has 264 valence electrons. The highest BCUT2D eigenvalue weighted by Crippen LogP contribution is 2.42. The van der Waals surface area contributed by atoms with Gasteiger partial charge in [0.2, 0.25) is 0 Å². The van der Waals surface area contributed by atoms with E-state index < -0.39 is 70.5 Å². The Balaban J connectivity index is 1.18. The maximum atomic E-state index is 13.5. The lowest BCUT2D eigenvalue weighted by Crippen LogP contribution is -2.71. The first-order valence-electron chi connectivity index (χ1n) is 14.3. The summed E-state index contributed by atoms with van der Waals surface area (Å²) in [6, 6.07) is 2.58. The van der Waals surface area contributed by atoms with Crippen LogP contribution in [0.2, 0.25) is 0 Å². The molecule has 1 fully saturated rings. The number of amides is 2. The van der Waals surface area contributed by atoms with Crippen molar-refractivity contribution in [2.24, 2.45) is 5.16 Å². The number of nitrogens with one attached hydrogen (secondary N) is 1. The lowest BCUT2D eigenvalue weighted by atomic mass is 10.0. The molecule has 1 aromatic carbocycles. The molecule has 0 unspecified atom stereocenters. The van der Waals surface area contributed by atoms with Crippen LogP contribution in [0, 0.1) is 0 Å². The fraction of sp³-hybridized carbons (Fsp3) is 0.214. The van der Waals surface area contributed by atoms with Crippen LogP contribution in [-0.4, -0.2) is 114 Å². The minimum atomic E-state index is -1.47. The van der Waals surface area contributed by atoms with Crippen molar-refractivity contribution in [2.75, 3.05) is 17.2 Å². The summed E-state index contributed by atoms with van der Waals surface area (Å²) in [5.74, 6) is -6.92. The molecule has 0 aliphatic carbocycles. The maximum absolute atomic E-state index is 13.5. The molecule has 23 heteroatoms. The molecule has 0 saturated carbocycles. The van der Waals surface area contributed by atoms with Crippen LogP contribution in [0.1, 0.15) is 27.3 Å². The van der Waals surface area contributed by atoms with E-state index in [-0.39, 0.29) is 45.7 Å². The first-order valence-corrected chi connectivity index (χ1v) is 17.2. The first kappa shape index (κ1) is 34.9. The normalized spacial score (nSPS) is 17.2. The molecule has 0 bridgehead atoms. The van der Waals surface area contributed by atoms with E-state index in [1.165, 1.54) is 40.0 Å². The van der Waals surface area contributed by atoms with Gasteiger partial charge in [0.05, 0.1) is 18.3 Å². The summed E-state index contributed by atoms with van der Waals surface area (Å²) in [5, 5.41) is 63.9. The Labute approximate surface area is 296 Å². The number of aromatic nitrogens is 5. The predicted molar refractivity (Wildman–Crippen MR) is 177 cm³/mol. The van der Waals surface area contributed by atoms with Crippen molar-refractivity contribution >= 4 is 81.1 Å². The number of carboxylic acid groups (broad SMARTS) is 3. The Morgan fingerprint density at radius 3 is 2.59 bits per heavy atom. The zero-order valence-corrected chi connectivity index (χ0v) is 27.9. The fourth-order valence-electron chi connectivity index (χ4n) is 5.04. The van der Waals surface area contributed by atoms with Gasteiger partial charge < -0.3 is 41.4 Å². The number of nitrogens with zero attached hydrogens (tertiary/aromatic N) is 7. The number of nitrogen functional groups attached to an aromatic ring is 1. The number of anilines is 1. The number of phenols is 2. The quantitative estimate of drug-likeness (QED) is 0.0242. The second-order valence-electron chi connectivity index (χ2n) is 10.6. The number of nitrogens with two attached hydrogens (primary N) is 1. The van der Waals surface area contributed by atoms with Gasteiger partial charge in [0.25, 0.3) is 11.8 Å². The van der Waals surface area contributed by atoms with Gasteiger partial charge in [-0.05, 0) is 17.7 Å². The molecule has 4 aromatic rings. The van der Waals surface area contributed by atoms with Gasteiger partial charge in [0, 0.05) is 22.4 Å². The molecule has 0 radical (unpaired) electrons. The fourth-order valence-corrected chi connectivity index (χ4v) is 8.09. The van der Waals surface area contributed by atoms with E-state index in [4.69, 9.17) is 15.7 Å². The second-order valence-corrected chi connectivity index (χ2v) is 13.6. The number of hydrogen-bond donors (Lipinski definition) is 7. The van der Waals surface area contributed by atoms with Gasteiger partial charge in [0.1, 0.15) is 40.0 Å². The number of carboxylic acids is 3. The van der Waals surface area contributed by atoms with E-state index in [1.54, 1.807) is 0 Å². The van der Waals surface area contributed by atoms with Crippen LogP contribution < -0.4 is 11.1 Å². The molecule has 2 aliphatic heterocycles. The van der Waals surface area contributed by atoms with E-state index in [9.17, 15) is 44.4 Å². The average Bonchev–Trinajstić information content (AvgIpc) is 3.74. The van der Waals surface area contributed by atoms with Crippen molar-refractivity contribution in [3.63, 3.8) is 0 Å². The Kier molecular flexibility index (Phi) is 9.67. The smallest absolute Gasteiger partial charge is 0.352 e. The van der Waals surface area contributed by atoms with Gasteiger partial charge in [-0.3, -0.25) is 19.3 Å². The first-order chi connectivity index (χ1) is 24.3. The number of benzene rings is 1. The number of phenolic OH excluding ortho intramolecular Hbond substituents is 1. The molecule has 2 atom stereocenters. The highest BCUT2D eigenvalue weighted by Gasteiger charge is 2.54. The van der Waals surface area contributed by atoms with Crippen LogP contribution in [0.25, 0.3) is 5.65 Å². The number of aromatic hydroxyl groups is 2. The van der Waals surface area contributed by atoms with Gasteiger partial charge in [-0.2, -0.15) is 4.52 Å². The molecule has 2 aliphatic rings. The number of β-lactam (4-membered cyclic amide) rings is 1. The number of carbonyl (C=O) groups excluding carboxylic acids is 2. The Morgan fingerprint density at radius 2 is 1.90 bits per heavy atom. The number of fused-ring (bicyclic) bond motifs is 2. The third kappa shape index (κ3) is 6.93. The van der Waals surface area contributed by atoms with Crippen LogP contribution >= 0.6 is 34.9 Å². The molecule has 51 heavy (non-hydrogen) atoms. The molecular formula is C28H23N9O11S3. The van der Waals surface area contributed by atoms with Gasteiger partial charge >= 0.3 is 17.9 Å². The largest absolute Gasteiger partial charge is 0.504 e. The van der Waals surface area contributed by atoms with E-state index in [2.05, 4.69) is 30.8 Å². The monoisotopic (exact) mass is 757 g/mol. The third-order valence-corrected chi connectivity index (χ3v) is 10.5. The second kappa shape index (κ2) is 14.1. The molecule has 0 spiro atoms. The van der Waals surface area contributed by atoms with E-state index in [1.807, 2.05) is 0 Å². The lowest BCUT2D eigenvalue weighted by Gasteiger charge is -2.49. The van der Waals surface area contributed by atoms with Crippen molar-refractivity contribution in [3.05, 3.63) is 63.6 Å². The van der Waals surface area contributed by atoms with Crippen molar-refractivity contribution in [1.82, 2.24) is 35.0 Å². The number of aromatic carboxylic acids is 1. The van der Waals surface area contributed by atoms with Crippen LogP contribution in [0.15, 0.2) is 51.2 Å². The average molecular weight is 758 g/mol. The van der Waals surface area contributed by atoms with E-state index in [0.29, 0.717) is 16.2 Å².